The molecule has 0 aliphatic heterocycles. The zero-order chi connectivity index (χ0) is 15.2. The van der Waals surface area contributed by atoms with E-state index in [1.54, 1.807) is 26.2 Å². The van der Waals surface area contributed by atoms with Gasteiger partial charge in [-0.2, -0.15) is 4.72 Å². The molecular formula is C13H19NO5S. The van der Waals surface area contributed by atoms with Crippen LogP contribution in [0.3, 0.4) is 0 Å². The van der Waals surface area contributed by atoms with Crippen molar-refractivity contribution in [2.45, 2.75) is 37.3 Å². The Labute approximate surface area is 118 Å². The molecule has 7 heteroatoms. The molecule has 0 aliphatic carbocycles. The van der Waals surface area contributed by atoms with Crippen LogP contribution in [-0.2, 0) is 26.2 Å². The number of rotatable bonds is 8. The summed E-state index contributed by atoms with van der Waals surface area (Å²) in [4.78, 5) is 11.0. The first-order chi connectivity index (χ1) is 9.40. The van der Waals surface area contributed by atoms with Gasteiger partial charge in [0.05, 0.1) is 11.5 Å². The van der Waals surface area contributed by atoms with Crippen LogP contribution in [0.5, 0.6) is 0 Å². The highest BCUT2D eigenvalue weighted by Gasteiger charge is 2.24. The molecule has 1 aromatic carbocycles. The van der Waals surface area contributed by atoms with Gasteiger partial charge in [-0.1, -0.05) is 25.5 Å². The van der Waals surface area contributed by atoms with Crippen molar-refractivity contribution in [2.24, 2.45) is 0 Å². The van der Waals surface area contributed by atoms with E-state index in [1.807, 2.05) is 0 Å². The minimum atomic E-state index is -3.83. The highest BCUT2D eigenvalue weighted by atomic mass is 32.2. The summed E-state index contributed by atoms with van der Waals surface area (Å²) in [5.41, 5.74) is 0.842. The number of hydrogen-bond acceptors (Lipinski definition) is 4. The predicted octanol–water partition coefficient (Wildman–Crippen LogP) is 1.36. The predicted molar refractivity (Wildman–Crippen MR) is 73.8 cm³/mol. The topological polar surface area (TPSA) is 92.7 Å². The first-order valence-electron chi connectivity index (χ1n) is 6.23. The van der Waals surface area contributed by atoms with Gasteiger partial charge < -0.3 is 9.84 Å². The van der Waals surface area contributed by atoms with Gasteiger partial charge in [0.2, 0.25) is 10.0 Å². The van der Waals surface area contributed by atoms with E-state index in [4.69, 9.17) is 9.84 Å². The van der Waals surface area contributed by atoms with Crippen molar-refractivity contribution in [3.8, 4) is 0 Å². The summed E-state index contributed by atoms with van der Waals surface area (Å²) in [6.07, 6.45) is 0.822. The van der Waals surface area contributed by atoms with Crippen molar-refractivity contribution in [3.05, 3.63) is 29.8 Å². The van der Waals surface area contributed by atoms with E-state index in [2.05, 4.69) is 4.72 Å². The van der Waals surface area contributed by atoms with Gasteiger partial charge in [0.25, 0.3) is 0 Å². The van der Waals surface area contributed by atoms with Gasteiger partial charge in [-0.15, -0.1) is 0 Å². The lowest BCUT2D eigenvalue weighted by Crippen LogP contribution is -2.40. The molecule has 2 N–H and O–H groups in total. The highest BCUT2D eigenvalue weighted by molar-refractivity contribution is 7.89. The van der Waals surface area contributed by atoms with E-state index < -0.39 is 22.0 Å². The zero-order valence-corrected chi connectivity index (χ0v) is 12.3. The minimum absolute atomic E-state index is 0.0414. The van der Waals surface area contributed by atoms with Crippen LogP contribution in [0.25, 0.3) is 0 Å². The molecule has 1 unspecified atom stereocenters. The standard InChI is InChI=1S/C13H19NO5S/c1-3-4-12(13(15)16)14-20(17,18)11-7-5-10(6-8-11)9-19-2/h5-8,12,14H,3-4,9H2,1-2H3,(H,15,16). The molecule has 0 radical (unpaired) electrons. The lowest BCUT2D eigenvalue weighted by Gasteiger charge is -2.14. The van der Waals surface area contributed by atoms with E-state index in [9.17, 15) is 13.2 Å². The second kappa shape index (κ2) is 7.37. The molecule has 0 saturated carbocycles. The third kappa shape index (κ3) is 4.59. The van der Waals surface area contributed by atoms with Gasteiger partial charge in [0.1, 0.15) is 6.04 Å². The number of ether oxygens (including phenoxy) is 1. The highest BCUT2D eigenvalue weighted by Crippen LogP contribution is 2.12. The van der Waals surface area contributed by atoms with Crippen molar-refractivity contribution in [3.63, 3.8) is 0 Å². The van der Waals surface area contributed by atoms with Crippen LogP contribution < -0.4 is 4.72 Å². The Kier molecular flexibility index (Phi) is 6.12. The molecule has 0 fully saturated rings. The smallest absolute Gasteiger partial charge is 0.321 e. The number of hydrogen-bond donors (Lipinski definition) is 2. The largest absolute Gasteiger partial charge is 0.480 e. The molecule has 0 spiro atoms. The summed E-state index contributed by atoms with van der Waals surface area (Å²) in [7, 11) is -2.28. The van der Waals surface area contributed by atoms with Gasteiger partial charge >= 0.3 is 5.97 Å². The molecule has 0 bridgehead atoms. The summed E-state index contributed by atoms with van der Waals surface area (Å²) in [5.74, 6) is -1.17. The summed E-state index contributed by atoms with van der Waals surface area (Å²) in [6.45, 7) is 2.19. The Morgan fingerprint density at radius 2 is 1.95 bits per heavy atom. The maximum Gasteiger partial charge on any atom is 0.321 e. The molecule has 6 nitrogen and oxygen atoms in total. The van der Waals surface area contributed by atoms with Gasteiger partial charge in [-0.3, -0.25) is 4.79 Å². The van der Waals surface area contributed by atoms with Crippen LogP contribution in [0.1, 0.15) is 25.3 Å². The summed E-state index contributed by atoms with van der Waals surface area (Å²) in [5, 5.41) is 8.99. The third-order valence-corrected chi connectivity index (χ3v) is 4.21. The number of sulfonamides is 1. The van der Waals surface area contributed by atoms with Crippen LogP contribution in [0.4, 0.5) is 0 Å². The fourth-order valence-electron chi connectivity index (χ4n) is 1.71. The van der Waals surface area contributed by atoms with Crippen molar-refractivity contribution in [2.75, 3.05) is 7.11 Å². The van der Waals surface area contributed by atoms with Crippen LogP contribution in [0.15, 0.2) is 29.2 Å². The lowest BCUT2D eigenvalue weighted by atomic mass is 10.2. The molecule has 1 rings (SSSR count). The van der Waals surface area contributed by atoms with Crippen LogP contribution in [-0.4, -0.2) is 32.6 Å². The molecular weight excluding hydrogens is 282 g/mol. The molecule has 0 aliphatic rings. The summed E-state index contributed by atoms with van der Waals surface area (Å²) < 4.78 is 31.3. The second-order valence-corrected chi connectivity index (χ2v) is 6.09. The maximum atomic E-state index is 12.1. The minimum Gasteiger partial charge on any atom is -0.480 e. The van der Waals surface area contributed by atoms with Crippen LogP contribution >= 0.6 is 0 Å². The average Bonchev–Trinajstić information content (AvgIpc) is 2.39. The maximum absolute atomic E-state index is 12.1. The molecule has 1 aromatic rings. The molecule has 0 heterocycles. The van der Waals surface area contributed by atoms with E-state index in [0.717, 1.165) is 5.56 Å². The Morgan fingerprint density at radius 3 is 2.40 bits per heavy atom. The molecule has 1 atom stereocenters. The fourth-order valence-corrected chi connectivity index (χ4v) is 2.93. The molecule has 0 saturated heterocycles. The first kappa shape index (κ1) is 16.6. The Morgan fingerprint density at radius 1 is 1.35 bits per heavy atom. The summed E-state index contributed by atoms with van der Waals surface area (Å²) >= 11 is 0. The molecule has 112 valence electrons. The summed E-state index contributed by atoms with van der Waals surface area (Å²) in [6, 6.07) is 5.02. The van der Waals surface area contributed by atoms with Crippen LogP contribution in [0.2, 0.25) is 0 Å². The SMILES string of the molecule is CCCC(NS(=O)(=O)c1ccc(COC)cc1)C(=O)O. The van der Waals surface area contributed by atoms with E-state index in [0.29, 0.717) is 13.0 Å². The normalized spacial score (nSPS) is 13.1. The Bertz CT molecular complexity index is 538. The number of carboxylic acid groups (broad SMARTS) is 1. The van der Waals surface area contributed by atoms with Gasteiger partial charge in [0.15, 0.2) is 0 Å². The number of methoxy groups -OCH3 is 1. The van der Waals surface area contributed by atoms with E-state index in [1.165, 1.54) is 12.1 Å². The van der Waals surface area contributed by atoms with E-state index in [-0.39, 0.29) is 11.3 Å². The van der Waals surface area contributed by atoms with Crippen molar-refractivity contribution < 1.29 is 23.1 Å². The van der Waals surface area contributed by atoms with Gasteiger partial charge in [-0.05, 0) is 24.1 Å². The Hall–Kier alpha value is -1.44. The quantitative estimate of drug-likeness (QED) is 0.756. The first-order valence-corrected chi connectivity index (χ1v) is 7.72. The molecule has 0 aromatic heterocycles. The number of benzene rings is 1. The second-order valence-electron chi connectivity index (χ2n) is 4.38. The average molecular weight is 301 g/mol. The van der Waals surface area contributed by atoms with Gasteiger partial charge in [-0.25, -0.2) is 8.42 Å². The van der Waals surface area contributed by atoms with Crippen molar-refractivity contribution in [1.29, 1.82) is 0 Å². The number of aliphatic carboxylic acids is 1. The van der Waals surface area contributed by atoms with Gasteiger partial charge in [0, 0.05) is 7.11 Å². The number of carbonyl (C=O) groups is 1. The monoisotopic (exact) mass is 301 g/mol. The fraction of sp³-hybridized carbons (Fsp3) is 0.462. The lowest BCUT2D eigenvalue weighted by molar-refractivity contribution is -0.139. The number of carboxylic acids is 1. The number of nitrogens with one attached hydrogen (secondary N) is 1. The van der Waals surface area contributed by atoms with Crippen LogP contribution in [0, 0.1) is 0 Å². The Balaban J connectivity index is 2.89. The zero-order valence-electron chi connectivity index (χ0n) is 11.5. The van der Waals surface area contributed by atoms with E-state index >= 15 is 0 Å². The van der Waals surface area contributed by atoms with Crippen molar-refractivity contribution >= 4 is 16.0 Å². The molecule has 0 amide bonds. The third-order valence-electron chi connectivity index (χ3n) is 2.72. The van der Waals surface area contributed by atoms with Crippen molar-refractivity contribution in [1.82, 2.24) is 4.72 Å². The molecule has 20 heavy (non-hydrogen) atoms.